The van der Waals surface area contributed by atoms with Crippen molar-refractivity contribution in [2.24, 2.45) is 0 Å². The average Bonchev–Trinajstić information content (AvgIpc) is 2.52. The topological polar surface area (TPSA) is 75.7 Å². The predicted molar refractivity (Wildman–Crippen MR) is 104 cm³/mol. The molecule has 0 spiro atoms. The molecule has 0 aliphatic rings. The molecule has 0 fully saturated rings. The van der Waals surface area contributed by atoms with Gasteiger partial charge in [-0.05, 0) is 45.0 Å². The second-order valence-corrected chi connectivity index (χ2v) is 8.25. The van der Waals surface area contributed by atoms with Gasteiger partial charge in [0.2, 0.25) is 15.9 Å². The lowest BCUT2D eigenvalue weighted by Crippen LogP contribution is -2.37. The van der Waals surface area contributed by atoms with Crippen molar-refractivity contribution in [1.29, 1.82) is 0 Å². The molecule has 0 heterocycles. The highest BCUT2D eigenvalue weighted by Crippen LogP contribution is 2.20. The molecule has 1 N–H and O–H groups in total. The maximum Gasteiger partial charge on any atom is 0.245 e. The summed E-state index contributed by atoms with van der Waals surface area (Å²) >= 11 is 0. The number of rotatable bonds is 7. The minimum Gasteiger partial charge on any atom is -0.491 e. The summed E-state index contributed by atoms with van der Waals surface area (Å²) in [6, 6.07) is 14.0. The number of ether oxygens (including phenoxy) is 1. The zero-order valence-electron chi connectivity index (χ0n) is 15.4. The van der Waals surface area contributed by atoms with Crippen LogP contribution in [-0.2, 0) is 14.8 Å². The van der Waals surface area contributed by atoms with E-state index in [1.807, 2.05) is 20.8 Å². The molecule has 0 aromatic heterocycles. The third-order valence-electron chi connectivity index (χ3n) is 3.50. The first-order valence-corrected chi connectivity index (χ1v) is 10.1. The van der Waals surface area contributed by atoms with Gasteiger partial charge in [0.1, 0.15) is 12.3 Å². The number of hydrogen-bond donors (Lipinski definition) is 1. The number of nitrogens with one attached hydrogen (secondary N) is 1. The van der Waals surface area contributed by atoms with E-state index in [0.29, 0.717) is 17.1 Å². The normalized spacial score (nSPS) is 11.3. The molecule has 2 aromatic rings. The molecular weight excluding hydrogens is 352 g/mol. The molecule has 1 amide bonds. The second-order valence-electron chi connectivity index (χ2n) is 6.35. The Kier molecular flexibility index (Phi) is 6.26. The van der Waals surface area contributed by atoms with E-state index in [1.165, 1.54) is 0 Å². The summed E-state index contributed by atoms with van der Waals surface area (Å²) in [6.07, 6.45) is 1.10. The van der Waals surface area contributed by atoms with Crippen molar-refractivity contribution in [3.63, 3.8) is 0 Å². The molecule has 26 heavy (non-hydrogen) atoms. The van der Waals surface area contributed by atoms with Crippen molar-refractivity contribution in [2.45, 2.75) is 26.9 Å². The Morgan fingerprint density at radius 1 is 1.15 bits per heavy atom. The number of amides is 1. The molecule has 0 radical (unpaired) electrons. The van der Waals surface area contributed by atoms with E-state index < -0.39 is 15.9 Å². The van der Waals surface area contributed by atoms with Crippen LogP contribution in [0.4, 0.5) is 11.4 Å². The monoisotopic (exact) mass is 376 g/mol. The van der Waals surface area contributed by atoms with Crippen molar-refractivity contribution >= 4 is 27.3 Å². The first-order chi connectivity index (χ1) is 12.1. The van der Waals surface area contributed by atoms with Gasteiger partial charge in [0.25, 0.3) is 0 Å². The standard InChI is InChI=1S/C19H24N2O4S/c1-14(2)25-18-7-5-6-16(12-18)20-19(22)13-21(26(4,23)24)17-10-8-15(3)9-11-17/h5-12,14H,13H2,1-4H3,(H,20,22). The van der Waals surface area contributed by atoms with Gasteiger partial charge in [-0.1, -0.05) is 23.8 Å². The number of hydrogen-bond acceptors (Lipinski definition) is 4. The van der Waals surface area contributed by atoms with Crippen molar-refractivity contribution < 1.29 is 17.9 Å². The zero-order chi connectivity index (χ0) is 19.3. The van der Waals surface area contributed by atoms with E-state index in [4.69, 9.17) is 4.74 Å². The van der Waals surface area contributed by atoms with Crippen LogP contribution in [0.15, 0.2) is 48.5 Å². The molecule has 7 heteroatoms. The second kappa shape index (κ2) is 8.23. The third kappa shape index (κ3) is 5.77. The number of aryl methyl sites for hydroxylation is 1. The Morgan fingerprint density at radius 2 is 1.81 bits per heavy atom. The Morgan fingerprint density at radius 3 is 2.38 bits per heavy atom. The molecule has 0 atom stereocenters. The SMILES string of the molecule is Cc1ccc(N(CC(=O)Nc2cccc(OC(C)C)c2)S(C)(=O)=O)cc1. The van der Waals surface area contributed by atoms with Crippen LogP contribution in [0, 0.1) is 6.92 Å². The molecule has 0 aliphatic heterocycles. The largest absolute Gasteiger partial charge is 0.491 e. The van der Waals surface area contributed by atoms with Gasteiger partial charge in [0.15, 0.2) is 0 Å². The van der Waals surface area contributed by atoms with Crippen molar-refractivity contribution in [2.75, 3.05) is 22.4 Å². The summed E-state index contributed by atoms with van der Waals surface area (Å²) in [5.41, 5.74) is 2.00. The quantitative estimate of drug-likeness (QED) is 0.805. The van der Waals surface area contributed by atoms with Gasteiger partial charge in [0, 0.05) is 11.8 Å². The van der Waals surface area contributed by atoms with Crippen LogP contribution in [0.1, 0.15) is 19.4 Å². The van der Waals surface area contributed by atoms with Gasteiger partial charge < -0.3 is 10.1 Å². The number of anilines is 2. The highest BCUT2D eigenvalue weighted by molar-refractivity contribution is 7.92. The third-order valence-corrected chi connectivity index (χ3v) is 4.64. The number of carbonyl (C=O) groups is 1. The van der Waals surface area contributed by atoms with Crippen LogP contribution < -0.4 is 14.4 Å². The molecule has 0 bridgehead atoms. The lowest BCUT2D eigenvalue weighted by molar-refractivity contribution is -0.114. The summed E-state index contributed by atoms with van der Waals surface area (Å²) < 4.78 is 30.9. The zero-order valence-corrected chi connectivity index (χ0v) is 16.2. The number of nitrogens with zero attached hydrogens (tertiary/aromatic N) is 1. The lowest BCUT2D eigenvalue weighted by atomic mass is 10.2. The van der Waals surface area contributed by atoms with Crippen LogP contribution in [-0.4, -0.2) is 33.2 Å². The van der Waals surface area contributed by atoms with E-state index in [0.717, 1.165) is 16.1 Å². The summed E-state index contributed by atoms with van der Waals surface area (Å²) in [4.78, 5) is 12.4. The maximum atomic E-state index is 12.4. The van der Waals surface area contributed by atoms with Crippen molar-refractivity contribution in [1.82, 2.24) is 0 Å². The molecule has 2 aromatic carbocycles. The van der Waals surface area contributed by atoms with Gasteiger partial charge in [0.05, 0.1) is 18.0 Å². The molecule has 6 nitrogen and oxygen atoms in total. The highest BCUT2D eigenvalue weighted by Gasteiger charge is 2.20. The summed E-state index contributed by atoms with van der Waals surface area (Å²) in [6.45, 7) is 5.43. The molecule has 0 unspecified atom stereocenters. The first kappa shape index (κ1) is 19.8. The van der Waals surface area contributed by atoms with Gasteiger partial charge in [-0.2, -0.15) is 0 Å². The summed E-state index contributed by atoms with van der Waals surface area (Å²) in [5.74, 6) is 0.203. The molecule has 0 saturated carbocycles. The van der Waals surface area contributed by atoms with Crippen molar-refractivity contribution in [3.8, 4) is 5.75 Å². The minimum absolute atomic E-state index is 0.0169. The fourth-order valence-electron chi connectivity index (χ4n) is 2.36. The Labute approximate surface area is 154 Å². The van der Waals surface area contributed by atoms with Crippen LogP contribution >= 0.6 is 0 Å². The Hall–Kier alpha value is -2.54. The lowest BCUT2D eigenvalue weighted by Gasteiger charge is -2.22. The van der Waals surface area contributed by atoms with Gasteiger partial charge in [-0.25, -0.2) is 8.42 Å². The number of sulfonamides is 1. The predicted octanol–water partition coefficient (Wildman–Crippen LogP) is 3.19. The van der Waals surface area contributed by atoms with Crippen LogP contribution in [0.5, 0.6) is 5.75 Å². The fraction of sp³-hybridized carbons (Fsp3) is 0.316. The van der Waals surface area contributed by atoms with E-state index in [2.05, 4.69) is 5.32 Å². The summed E-state index contributed by atoms with van der Waals surface area (Å²) in [5, 5.41) is 2.71. The first-order valence-electron chi connectivity index (χ1n) is 8.26. The van der Waals surface area contributed by atoms with E-state index in [9.17, 15) is 13.2 Å². The smallest absolute Gasteiger partial charge is 0.245 e. The molecule has 0 saturated heterocycles. The van der Waals surface area contributed by atoms with Crippen LogP contribution in [0.3, 0.4) is 0 Å². The average molecular weight is 376 g/mol. The van der Waals surface area contributed by atoms with Gasteiger partial charge in [-0.3, -0.25) is 9.10 Å². The van der Waals surface area contributed by atoms with Crippen molar-refractivity contribution in [3.05, 3.63) is 54.1 Å². The molecule has 2 rings (SSSR count). The maximum absolute atomic E-state index is 12.4. The molecule has 140 valence electrons. The summed E-state index contributed by atoms with van der Waals surface area (Å²) in [7, 11) is -3.59. The van der Waals surface area contributed by atoms with Crippen LogP contribution in [0.25, 0.3) is 0 Å². The van der Waals surface area contributed by atoms with E-state index >= 15 is 0 Å². The molecular formula is C19H24N2O4S. The fourth-order valence-corrected chi connectivity index (χ4v) is 3.22. The Bertz CT molecular complexity index is 861. The number of carbonyl (C=O) groups excluding carboxylic acids is 1. The number of benzene rings is 2. The highest BCUT2D eigenvalue weighted by atomic mass is 32.2. The van der Waals surface area contributed by atoms with E-state index in [-0.39, 0.29) is 12.6 Å². The van der Waals surface area contributed by atoms with E-state index in [1.54, 1.807) is 48.5 Å². The van der Waals surface area contributed by atoms with Gasteiger partial charge in [-0.15, -0.1) is 0 Å². The van der Waals surface area contributed by atoms with Crippen LogP contribution in [0.2, 0.25) is 0 Å². The van der Waals surface area contributed by atoms with Gasteiger partial charge >= 0.3 is 0 Å². The molecule has 0 aliphatic carbocycles. The Balaban J connectivity index is 2.14. The minimum atomic E-state index is -3.59.